The van der Waals surface area contributed by atoms with E-state index in [0.717, 1.165) is 16.5 Å². The summed E-state index contributed by atoms with van der Waals surface area (Å²) in [5.41, 5.74) is 3.00. The zero-order valence-corrected chi connectivity index (χ0v) is 13.0. The number of halogens is 2. The number of ketones is 1. The van der Waals surface area contributed by atoms with Gasteiger partial charge in [-0.05, 0) is 43.7 Å². The molecule has 0 N–H and O–H groups in total. The van der Waals surface area contributed by atoms with E-state index in [2.05, 4.69) is 0 Å². The Hall–Kier alpha value is -1.77. The van der Waals surface area contributed by atoms with Crippen molar-refractivity contribution in [1.82, 2.24) is 0 Å². The van der Waals surface area contributed by atoms with Crippen LogP contribution < -0.4 is 0 Å². The number of rotatable bonds is 2. The molecular formula is C17H12Cl2O2. The van der Waals surface area contributed by atoms with Gasteiger partial charge in [0, 0.05) is 21.5 Å². The molecule has 2 nitrogen and oxygen atoms in total. The molecule has 4 heteroatoms. The molecule has 0 atom stereocenters. The highest BCUT2D eigenvalue weighted by molar-refractivity contribution is 6.37. The Kier molecular flexibility index (Phi) is 3.52. The quantitative estimate of drug-likeness (QED) is 0.577. The summed E-state index contributed by atoms with van der Waals surface area (Å²) in [6.07, 6.45) is 0. The van der Waals surface area contributed by atoms with Crippen molar-refractivity contribution in [3.8, 4) is 0 Å². The first-order valence-corrected chi connectivity index (χ1v) is 7.22. The summed E-state index contributed by atoms with van der Waals surface area (Å²) in [5, 5.41) is 1.76. The number of hydrogen-bond donors (Lipinski definition) is 0. The third kappa shape index (κ3) is 2.45. The van der Waals surface area contributed by atoms with Crippen LogP contribution in [0.15, 0.2) is 40.8 Å². The maximum Gasteiger partial charge on any atom is 0.229 e. The first-order chi connectivity index (χ1) is 9.97. The first kappa shape index (κ1) is 14.2. The monoisotopic (exact) mass is 318 g/mol. The molecule has 1 aromatic heterocycles. The highest BCUT2D eigenvalue weighted by Gasteiger charge is 2.21. The standard InChI is InChI=1S/C17H12Cl2O2/c1-9-3-5-12-10(2)17(21-15(12)7-9)16(20)13-6-4-11(18)8-14(13)19/h3-8H,1-2H3. The number of furan rings is 1. The summed E-state index contributed by atoms with van der Waals surface area (Å²) < 4.78 is 5.74. The van der Waals surface area contributed by atoms with E-state index in [4.69, 9.17) is 27.6 Å². The third-order valence-corrected chi connectivity index (χ3v) is 4.02. The number of carbonyl (C=O) groups is 1. The number of hydrogen-bond acceptors (Lipinski definition) is 2. The van der Waals surface area contributed by atoms with Gasteiger partial charge in [0.05, 0.1) is 5.02 Å². The number of fused-ring (bicyclic) bond motifs is 1. The minimum absolute atomic E-state index is 0.233. The molecule has 0 radical (unpaired) electrons. The fraction of sp³-hybridized carbons (Fsp3) is 0.118. The minimum atomic E-state index is -0.233. The topological polar surface area (TPSA) is 30.2 Å². The number of aryl methyl sites for hydroxylation is 2. The largest absolute Gasteiger partial charge is 0.452 e. The number of benzene rings is 2. The number of carbonyl (C=O) groups excluding carboxylic acids is 1. The van der Waals surface area contributed by atoms with Crippen molar-refractivity contribution in [3.05, 3.63) is 68.9 Å². The maximum absolute atomic E-state index is 12.6. The zero-order chi connectivity index (χ0) is 15.1. The molecule has 0 saturated carbocycles. The maximum atomic E-state index is 12.6. The van der Waals surface area contributed by atoms with E-state index in [0.29, 0.717) is 27.0 Å². The molecule has 0 fully saturated rings. The van der Waals surface area contributed by atoms with E-state index in [-0.39, 0.29) is 5.78 Å². The molecular weight excluding hydrogens is 307 g/mol. The molecule has 0 amide bonds. The van der Waals surface area contributed by atoms with E-state index < -0.39 is 0 Å². The molecule has 106 valence electrons. The van der Waals surface area contributed by atoms with Gasteiger partial charge >= 0.3 is 0 Å². The SMILES string of the molecule is Cc1ccc2c(C)c(C(=O)c3ccc(Cl)cc3Cl)oc2c1. The molecule has 3 rings (SSSR count). The molecule has 1 heterocycles. The van der Waals surface area contributed by atoms with Gasteiger partial charge in [0.2, 0.25) is 5.78 Å². The average Bonchev–Trinajstić information content (AvgIpc) is 2.75. The van der Waals surface area contributed by atoms with Crippen molar-refractivity contribution in [2.24, 2.45) is 0 Å². The predicted molar refractivity (Wildman–Crippen MR) is 85.6 cm³/mol. The van der Waals surface area contributed by atoms with Crippen LogP contribution in [-0.4, -0.2) is 5.78 Å². The van der Waals surface area contributed by atoms with Crippen LogP contribution in [0.1, 0.15) is 27.2 Å². The van der Waals surface area contributed by atoms with Crippen LogP contribution in [0.3, 0.4) is 0 Å². The van der Waals surface area contributed by atoms with E-state index >= 15 is 0 Å². The first-order valence-electron chi connectivity index (χ1n) is 6.47. The van der Waals surface area contributed by atoms with Crippen LogP contribution in [0.4, 0.5) is 0 Å². The third-order valence-electron chi connectivity index (χ3n) is 3.48. The van der Waals surface area contributed by atoms with Gasteiger partial charge in [-0.1, -0.05) is 35.3 Å². The summed E-state index contributed by atoms with van der Waals surface area (Å²) in [6.45, 7) is 3.85. The van der Waals surface area contributed by atoms with Gasteiger partial charge in [0.15, 0.2) is 5.76 Å². The zero-order valence-electron chi connectivity index (χ0n) is 11.5. The van der Waals surface area contributed by atoms with Crippen molar-refractivity contribution in [2.45, 2.75) is 13.8 Å². The van der Waals surface area contributed by atoms with Crippen LogP contribution in [0.25, 0.3) is 11.0 Å². The van der Waals surface area contributed by atoms with Crippen LogP contribution in [0.2, 0.25) is 10.0 Å². The Labute approximate surface area is 132 Å². The minimum Gasteiger partial charge on any atom is -0.452 e. The lowest BCUT2D eigenvalue weighted by Gasteiger charge is -2.02. The molecule has 0 bridgehead atoms. The van der Waals surface area contributed by atoms with Gasteiger partial charge in [-0.25, -0.2) is 0 Å². The van der Waals surface area contributed by atoms with Gasteiger partial charge in [0.25, 0.3) is 0 Å². The fourth-order valence-electron chi connectivity index (χ4n) is 2.35. The molecule has 21 heavy (non-hydrogen) atoms. The lowest BCUT2D eigenvalue weighted by Crippen LogP contribution is -2.02. The Bertz CT molecular complexity index is 863. The molecule has 0 spiro atoms. The smallest absolute Gasteiger partial charge is 0.229 e. The Morgan fingerprint density at radius 2 is 1.81 bits per heavy atom. The predicted octanol–water partition coefficient (Wildman–Crippen LogP) is 5.59. The summed E-state index contributed by atoms with van der Waals surface area (Å²) in [6, 6.07) is 10.7. The van der Waals surface area contributed by atoms with Gasteiger partial charge in [-0.15, -0.1) is 0 Å². The molecule has 0 aliphatic rings. The molecule has 0 saturated heterocycles. The molecule has 0 aliphatic heterocycles. The second-order valence-corrected chi connectivity index (χ2v) is 5.85. The lowest BCUT2D eigenvalue weighted by atomic mass is 10.0. The van der Waals surface area contributed by atoms with Gasteiger partial charge in [0.1, 0.15) is 5.58 Å². The summed E-state index contributed by atoms with van der Waals surface area (Å²) in [7, 11) is 0. The fourth-order valence-corrected chi connectivity index (χ4v) is 2.84. The highest BCUT2D eigenvalue weighted by Crippen LogP contribution is 2.30. The Morgan fingerprint density at radius 3 is 2.52 bits per heavy atom. The summed E-state index contributed by atoms with van der Waals surface area (Å²) in [5.74, 6) is 0.0860. The summed E-state index contributed by atoms with van der Waals surface area (Å²) >= 11 is 12.0. The Balaban J connectivity index is 2.15. The van der Waals surface area contributed by atoms with Crippen molar-refractivity contribution in [2.75, 3.05) is 0 Å². The average molecular weight is 319 g/mol. The highest BCUT2D eigenvalue weighted by atomic mass is 35.5. The van der Waals surface area contributed by atoms with E-state index in [1.54, 1.807) is 18.2 Å². The normalized spacial score (nSPS) is 11.0. The Morgan fingerprint density at radius 1 is 1.05 bits per heavy atom. The summed E-state index contributed by atoms with van der Waals surface area (Å²) in [4.78, 5) is 12.6. The van der Waals surface area contributed by atoms with Crippen molar-refractivity contribution < 1.29 is 9.21 Å². The van der Waals surface area contributed by atoms with E-state index in [1.807, 2.05) is 32.0 Å². The molecule has 3 aromatic rings. The van der Waals surface area contributed by atoms with Gasteiger partial charge < -0.3 is 4.42 Å². The second kappa shape index (κ2) is 5.21. The molecule has 0 unspecified atom stereocenters. The van der Waals surface area contributed by atoms with Gasteiger partial charge in [-0.3, -0.25) is 4.79 Å². The van der Waals surface area contributed by atoms with Gasteiger partial charge in [-0.2, -0.15) is 0 Å². The molecule has 2 aromatic carbocycles. The van der Waals surface area contributed by atoms with Crippen molar-refractivity contribution in [1.29, 1.82) is 0 Å². The van der Waals surface area contributed by atoms with Crippen LogP contribution in [0.5, 0.6) is 0 Å². The lowest BCUT2D eigenvalue weighted by molar-refractivity contribution is 0.101. The van der Waals surface area contributed by atoms with Crippen molar-refractivity contribution in [3.63, 3.8) is 0 Å². The van der Waals surface area contributed by atoms with Crippen LogP contribution in [0, 0.1) is 13.8 Å². The molecule has 0 aliphatic carbocycles. The second-order valence-electron chi connectivity index (χ2n) is 5.01. The van der Waals surface area contributed by atoms with Crippen LogP contribution >= 0.6 is 23.2 Å². The van der Waals surface area contributed by atoms with Crippen LogP contribution in [-0.2, 0) is 0 Å². The van der Waals surface area contributed by atoms with Crippen molar-refractivity contribution >= 4 is 40.0 Å². The van der Waals surface area contributed by atoms with E-state index in [1.165, 1.54) is 0 Å². The van der Waals surface area contributed by atoms with E-state index in [9.17, 15) is 4.79 Å².